The molecule has 20 heavy (non-hydrogen) atoms. The van der Waals surface area contributed by atoms with E-state index in [4.69, 9.17) is 0 Å². The van der Waals surface area contributed by atoms with Gasteiger partial charge in [-0.2, -0.15) is 0 Å². The molecule has 1 aromatic carbocycles. The van der Waals surface area contributed by atoms with Gasteiger partial charge in [0.15, 0.2) is 6.54 Å². The molecular weight excluding hydrogens is 250 g/mol. The maximum atomic E-state index is 12.4. The van der Waals surface area contributed by atoms with Crippen molar-refractivity contribution in [3.8, 4) is 0 Å². The van der Waals surface area contributed by atoms with Crippen molar-refractivity contribution in [3.63, 3.8) is 0 Å². The second-order valence-corrected chi connectivity index (χ2v) is 6.38. The lowest BCUT2D eigenvalue weighted by Gasteiger charge is -2.50. The largest absolute Gasteiger partial charge is 0.321 e. The monoisotopic (exact) mass is 274 g/mol. The summed E-state index contributed by atoms with van der Waals surface area (Å²) in [5, 5.41) is 3.11. The van der Waals surface area contributed by atoms with Gasteiger partial charge in [-0.15, -0.1) is 0 Å². The molecule has 4 heteroatoms. The average molecular weight is 274 g/mol. The first-order valence-corrected chi connectivity index (χ1v) is 7.51. The van der Waals surface area contributed by atoms with Crippen LogP contribution in [-0.2, 0) is 4.79 Å². The van der Waals surface area contributed by atoms with Crippen LogP contribution in [0.5, 0.6) is 0 Å². The van der Waals surface area contributed by atoms with Crippen LogP contribution in [0, 0.1) is 13.8 Å². The third-order valence-corrected chi connectivity index (χ3v) is 4.82. The highest BCUT2D eigenvalue weighted by atomic mass is 16.2. The first kappa shape index (κ1) is 13.6. The Bertz CT molecular complexity index is 505. The van der Waals surface area contributed by atoms with Crippen LogP contribution in [0.25, 0.3) is 0 Å². The molecule has 0 spiro atoms. The number of fused-ring (bicyclic) bond motifs is 3. The molecule has 0 unspecified atom stereocenters. The topological polar surface area (TPSA) is 32.3 Å². The summed E-state index contributed by atoms with van der Waals surface area (Å²) in [6.07, 6.45) is 0. The van der Waals surface area contributed by atoms with E-state index in [1.807, 2.05) is 6.92 Å². The molecule has 4 nitrogen and oxygen atoms in total. The van der Waals surface area contributed by atoms with E-state index in [1.54, 1.807) is 0 Å². The Kier molecular flexibility index (Phi) is 3.52. The summed E-state index contributed by atoms with van der Waals surface area (Å²) in [7, 11) is 0. The zero-order valence-corrected chi connectivity index (χ0v) is 12.5. The van der Waals surface area contributed by atoms with Crippen LogP contribution in [0.15, 0.2) is 18.2 Å². The minimum absolute atomic E-state index is 0.161. The number of anilines is 1. The molecule has 1 N–H and O–H groups in total. The number of carbonyl (C=O) groups excluding carboxylic acids is 1. The van der Waals surface area contributed by atoms with E-state index >= 15 is 0 Å². The maximum Gasteiger partial charge on any atom is 0.279 e. The van der Waals surface area contributed by atoms with Gasteiger partial charge in [-0.1, -0.05) is 12.1 Å². The number of benzene rings is 1. The number of nitrogens with zero attached hydrogens (tertiary/aromatic N) is 2. The number of piperazine rings is 3. The van der Waals surface area contributed by atoms with Crippen molar-refractivity contribution in [2.75, 3.05) is 51.1 Å². The fraction of sp³-hybridized carbons (Fsp3) is 0.562. The summed E-state index contributed by atoms with van der Waals surface area (Å²) < 4.78 is 0.979. The summed E-state index contributed by atoms with van der Waals surface area (Å²) in [4.78, 5) is 14.9. The molecular formula is C16H24N3O+. The van der Waals surface area contributed by atoms with E-state index in [9.17, 15) is 4.79 Å². The lowest BCUT2D eigenvalue weighted by molar-refractivity contribution is -0.933. The summed E-state index contributed by atoms with van der Waals surface area (Å²) in [6.45, 7) is 11.5. The van der Waals surface area contributed by atoms with Gasteiger partial charge in [0.2, 0.25) is 0 Å². The Hall–Kier alpha value is -1.39. The van der Waals surface area contributed by atoms with Crippen LogP contribution in [0.3, 0.4) is 0 Å². The Balaban J connectivity index is 1.66. The van der Waals surface area contributed by atoms with E-state index < -0.39 is 0 Å². The lowest BCUT2D eigenvalue weighted by atomic mass is 10.1. The van der Waals surface area contributed by atoms with Crippen LogP contribution in [0.4, 0.5) is 5.69 Å². The normalized spacial score (nSPS) is 28.4. The summed E-state index contributed by atoms with van der Waals surface area (Å²) in [5.74, 6) is 0.161. The number of carbonyl (C=O) groups is 1. The molecule has 0 aromatic heterocycles. The first-order chi connectivity index (χ1) is 9.56. The Labute approximate surface area is 121 Å². The highest BCUT2D eigenvalue weighted by Crippen LogP contribution is 2.20. The molecule has 0 radical (unpaired) electrons. The van der Waals surface area contributed by atoms with Crippen molar-refractivity contribution >= 4 is 11.6 Å². The van der Waals surface area contributed by atoms with Gasteiger partial charge >= 0.3 is 0 Å². The minimum Gasteiger partial charge on any atom is -0.321 e. The van der Waals surface area contributed by atoms with Crippen LogP contribution in [0.2, 0.25) is 0 Å². The number of rotatable bonds is 3. The third kappa shape index (κ3) is 2.72. The van der Waals surface area contributed by atoms with Gasteiger partial charge in [0.25, 0.3) is 5.91 Å². The molecule has 3 heterocycles. The number of amides is 1. The molecule has 2 bridgehead atoms. The van der Waals surface area contributed by atoms with E-state index in [0.717, 1.165) is 55.0 Å². The maximum absolute atomic E-state index is 12.4. The number of aryl methyl sites for hydroxylation is 2. The molecule has 3 aliphatic heterocycles. The van der Waals surface area contributed by atoms with Gasteiger partial charge in [0.1, 0.15) is 0 Å². The molecule has 1 amide bonds. The zero-order valence-electron chi connectivity index (χ0n) is 12.5. The Morgan fingerprint density at radius 3 is 2.50 bits per heavy atom. The van der Waals surface area contributed by atoms with Gasteiger partial charge in [-0.3, -0.25) is 9.69 Å². The van der Waals surface area contributed by atoms with Gasteiger partial charge < -0.3 is 9.80 Å². The van der Waals surface area contributed by atoms with E-state index in [1.165, 1.54) is 5.56 Å². The Morgan fingerprint density at radius 2 is 1.85 bits per heavy atom. The Morgan fingerprint density at radius 1 is 1.20 bits per heavy atom. The molecule has 3 fully saturated rings. The van der Waals surface area contributed by atoms with E-state index in [0.29, 0.717) is 6.54 Å². The van der Waals surface area contributed by atoms with E-state index in [2.05, 4.69) is 35.3 Å². The van der Waals surface area contributed by atoms with Gasteiger partial charge in [0, 0.05) is 25.3 Å². The van der Waals surface area contributed by atoms with Crippen LogP contribution < -0.4 is 5.32 Å². The standard InChI is InChI=1S/C16H23N3O/c1-13-3-4-14(2)15(11-13)17-16(20)12-19-8-5-18(6-9-19)7-10-19/h3-4,11H,5-10,12H2,1-2H3/p+1. The second kappa shape index (κ2) is 5.19. The molecule has 3 saturated heterocycles. The zero-order chi connectivity index (χ0) is 14.2. The van der Waals surface area contributed by atoms with Crippen molar-refractivity contribution in [3.05, 3.63) is 29.3 Å². The predicted octanol–water partition coefficient (Wildman–Crippen LogP) is 1.39. The van der Waals surface area contributed by atoms with Gasteiger partial charge in [0.05, 0.1) is 19.6 Å². The quantitative estimate of drug-likeness (QED) is 0.845. The highest BCUT2D eigenvalue weighted by molar-refractivity contribution is 5.92. The number of nitrogens with one attached hydrogen (secondary N) is 1. The molecule has 0 saturated carbocycles. The van der Waals surface area contributed by atoms with Gasteiger partial charge in [-0.05, 0) is 31.0 Å². The lowest BCUT2D eigenvalue weighted by Crippen LogP contribution is -2.68. The van der Waals surface area contributed by atoms with Crippen molar-refractivity contribution in [1.29, 1.82) is 0 Å². The number of hydrogen-bond donors (Lipinski definition) is 1. The molecule has 1 aromatic rings. The second-order valence-electron chi connectivity index (χ2n) is 6.38. The molecule has 0 atom stereocenters. The molecule has 3 aliphatic rings. The van der Waals surface area contributed by atoms with Gasteiger partial charge in [-0.25, -0.2) is 0 Å². The number of hydrogen-bond acceptors (Lipinski definition) is 2. The molecule has 4 rings (SSSR count). The molecule has 0 aliphatic carbocycles. The van der Waals surface area contributed by atoms with Crippen molar-refractivity contribution in [2.24, 2.45) is 0 Å². The number of quaternary nitrogens is 1. The average Bonchev–Trinajstić information content (AvgIpc) is 2.44. The van der Waals surface area contributed by atoms with Crippen LogP contribution in [-0.4, -0.2) is 61.1 Å². The molecule has 108 valence electrons. The summed E-state index contributed by atoms with van der Waals surface area (Å²) in [5.41, 5.74) is 3.28. The van der Waals surface area contributed by atoms with Crippen LogP contribution in [0.1, 0.15) is 11.1 Å². The van der Waals surface area contributed by atoms with Crippen LogP contribution >= 0.6 is 0 Å². The van der Waals surface area contributed by atoms with Crippen molar-refractivity contribution in [2.45, 2.75) is 13.8 Å². The smallest absolute Gasteiger partial charge is 0.279 e. The van der Waals surface area contributed by atoms with Crippen molar-refractivity contribution < 1.29 is 9.28 Å². The predicted molar refractivity (Wildman–Crippen MR) is 80.7 cm³/mol. The SMILES string of the molecule is Cc1ccc(C)c(NC(=O)C[N+]23CCN(CC2)CC3)c1. The third-order valence-electron chi connectivity index (χ3n) is 4.82. The summed E-state index contributed by atoms with van der Waals surface area (Å²) >= 11 is 0. The minimum atomic E-state index is 0.161. The van der Waals surface area contributed by atoms with Crippen molar-refractivity contribution in [1.82, 2.24) is 4.90 Å². The fourth-order valence-corrected chi connectivity index (χ4v) is 3.33. The summed E-state index contributed by atoms with van der Waals surface area (Å²) in [6, 6.07) is 6.20. The van der Waals surface area contributed by atoms with E-state index in [-0.39, 0.29) is 5.91 Å². The fourth-order valence-electron chi connectivity index (χ4n) is 3.33. The first-order valence-electron chi connectivity index (χ1n) is 7.51. The highest BCUT2D eigenvalue weighted by Gasteiger charge is 2.39.